The summed E-state index contributed by atoms with van der Waals surface area (Å²) in [5, 5.41) is 16.1. The number of carbonyl (C=O) groups excluding carboxylic acids is 2. The summed E-state index contributed by atoms with van der Waals surface area (Å²) in [6.45, 7) is 4.17. The summed E-state index contributed by atoms with van der Waals surface area (Å²) >= 11 is 0. The van der Waals surface area contributed by atoms with Gasteiger partial charge in [0.15, 0.2) is 0 Å². The second kappa shape index (κ2) is 7.37. The number of carbonyl (C=O) groups is 2. The molecule has 0 aliphatic carbocycles. The van der Waals surface area contributed by atoms with E-state index < -0.39 is 23.8 Å². The average molecular weight is 415 g/mol. The Balaban J connectivity index is 1.58. The minimum Gasteiger partial charge on any atom is -0.314 e. The van der Waals surface area contributed by atoms with Crippen LogP contribution in [-0.2, 0) is 17.9 Å². The van der Waals surface area contributed by atoms with Gasteiger partial charge in [0.1, 0.15) is 0 Å². The highest BCUT2D eigenvalue weighted by Crippen LogP contribution is 2.35. The first-order chi connectivity index (χ1) is 14.3. The lowest BCUT2D eigenvalue weighted by Gasteiger charge is -2.35. The summed E-state index contributed by atoms with van der Waals surface area (Å²) in [6.07, 6.45) is 1.72. The first-order valence-electron chi connectivity index (χ1n) is 9.45. The van der Waals surface area contributed by atoms with E-state index in [1.807, 2.05) is 13.8 Å². The highest BCUT2D eigenvalue weighted by molar-refractivity contribution is 5.97. The van der Waals surface area contributed by atoms with Crippen molar-refractivity contribution < 1.29 is 18.4 Å². The Kier molecular flexibility index (Phi) is 4.85. The van der Waals surface area contributed by atoms with Crippen LogP contribution in [-0.4, -0.2) is 43.7 Å². The van der Waals surface area contributed by atoms with Gasteiger partial charge >= 0.3 is 6.03 Å². The van der Waals surface area contributed by atoms with Crippen LogP contribution in [0.15, 0.2) is 18.3 Å². The Hall–Kier alpha value is -3.55. The van der Waals surface area contributed by atoms with Gasteiger partial charge in [0.2, 0.25) is 17.8 Å². The molecule has 3 atom stereocenters. The van der Waals surface area contributed by atoms with Crippen molar-refractivity contribution in [1.82, 2.24) is 19.7 Å². The van der Waals surface area contributed by atoms with Crippen LogP contribution in [0.3, 0.4) is 0 Å². The molecule has 2 aromatic heterocycles. The van der Waals surface area contributed by atoms with Crippen LogP contribution in [0.1, 0.15) is 26.0 Å². The minimum atomic E-state index is -1.04. The van der Waals surface area contributed by atoms with Crippen molar-refractivity contribution in [1.29, 1.82) is 5.26 Å². The van der Waals surface area contributed by atoms with Crippen LogP contribution in [0.5, 0.6) is 0 Å². The highest BCUT2D eigenvalue weighted by atomic mass is 19.1. The van der Waals surface area contributed by atoms with E-state index in [0.29, 0.717) is 17.9 Å². The lowest BCUT2D eigenvalue weighted by Crippen LogP contribution is -2.47. The van der Waals surface area contributed by atoms with Gasteiger partial charge in [0.25, 0.3) is 0 Å². The molecule has 1 fully saturated rings. The normalized spacial score (nSPS) is 23.3. The molecule has 156 valence electrons. The lowest BCUT2D eigenvalue weighted by molar-refractivity contribution is -0.117. The molecule has 3 amide bonds. The summed E-state index contributed by atoms with van der Waals surface area (Å²) in [5.74, 6) is -2.65. The molecule has 0 saturated carbocycles. The van der Waals surface area contributed by atoms with E-state index in [2.05, 4.69) is 21.5 Å². The second-order valence-electron chi connectivity index (χ2n) is 7.51. The summed E-state index contributed by atoms with van der Waals surface area (Å²) in [7, 11) is 0. The van der Waals surface area contributed by atoms with Crippen LogP contribution in [0.25, 0.3) is 0 Å². The molecular weight excluding hydrogens is 396 g/mol. The maximum atomic E-state index is 13.3. The summed E-state index contributed by atoms with van der Waals surface area (Å²) < 4.78 is 28.4. The number of fused-ring (bicyclic) bond motifs is 1. The van der Waals surface area contributed by atoms with Crippen molar-refractivity contribution in [3.63, 3.8) is 0 Å². The summed E-state index contributed by atoms with van der Waals surface area (Å²) in [4.78, 5) is 31.3. The van der Waals surface area contributed by atoms with Gasteiger partial charge in [0, 0.05) is 18.6 Å². The number of urea groups is 1. The first-order valence-corrected chi connectivity index (χ1v) is 9.45. The van der Waals surface area contributed by atoms with E-state index >= 15 is 0 Å². The molecule has 0 aromatic carbocycles. The van der Waals surface area contributed by atoms with Gasteiger partial charge in [-0.25, -0.2) is 4.79 Å². The molecular formula is C19H19F2N7O2. The van der Waals surface area contributed by atoms with E-state index in [1.54, 1.807) is 15.8 Å². The lowest BCUT2D eigenvalue weighted by atomic mass is 10.0. The number of amides is 3. The van der Waals surface area contributed by atoms with E-state index in [1.165, 1.54) is 4.90 Å². The molecule has 0 spiro atoms. The molecule has 2 aliphatic heterocycles. The zero-order valence-electron chi connectivity index (χ0n) is 16.3. The molecule has 2 aromatic rings. The van der Waals surface area contributed by atoms with Gasteiger partial charge in [-0.3, -0.25) is 9.48 Å². The fraction of sp³-hybridized carbons (Fsp3) is 0.421. The second-order valence-corrected chi connectivity index (χ2v) is 7.51. The molecule has 2 aliphatic rings. The molecule has 11 heteroatoms. The topological polar surface area (TPSA) is 107 Å². The van der Waals surface area contributed by atoms with Gasteiger partial charge < -0.3 is 15.1 Å². The maximum absolute atomic E-state index is 13.3. The van der Waals surface area contributed by atoms with Crippen molar-refractivity contribution in [2.45, 2.75) is 45.4 Å². The fourth-order valence-electron chi connectivity index (χ4n) is 3.96. The SMILES string of the molecule is C[C@H]1Cn2ncc(N3C(=O)C[C@H](C#N)[C@@H]3C)c2CN1C(=O)Nc1cc(F)nc(F)c1. The van der Waals surface area contributed by atoms with E-state index in [0.717, 1.165) is 12.1 Å². The zero-order chi connectivity index (χ0) is 21.6. The molecule has 9 nitrogen and oxygen atoms in total. The van der Waals surface area contributed by atoms with Crippen molar-refractivity contribution in [2.24, 2.45) is 5.92 Å². The van der Waals surface area contributed by atoms with Gasteiger partial charge in [-0.2, -0.15) is 24.1 Å². The molecule has 1 N–H and O–H groups in total. The number of aromatic nitrogens is 3. The number of hydrogen-bond donors (Lipinski definition) is 1. The quantitative estimate of drug-likeness (QED) is 0.757. The van der Waals surface area contributed by atoms with Crippen LogP contribution in [0.4, 0.5) is 25.0 Å². The summed E-state index contributed by atoms with van der Waals surface area (Å²) in [6, 6.07) is 2.92. The van der Waals surface area contributed by atoms with Gasteiger partial charge in [-0.05, 0) is 13.8 Å². The van der Waals surface area contributed by atoms with Crippen LogP contribution in [0, 0.1) is 29.1 Å². The monoisotopic (exact) mass is 415 g/mol. The molecule has 4 rings (SSSR count). The van der Waals surface area contributed by atoms with Crippen molar-refractivity contribution >= 4 is 23.3 Å². The predicted molar refractivity (Wildman–Crippen MR) is 101 cm³/mol. The number of halogens is 2. The number of anilines is 2. The third kappa shape index (κ3) is 3.34. The summed E-state index contributed by atoms with van der Waals surface area (Å²) in [5.41, 5.74) is 1.18. The molecule has 4 heterocycles. The number of pyridine rings is 1. The number of rotatable bonds is 2. The number of nitrogens with zero attached hydrogens (tertiary/aromatic N) is 6. The standard InChI is InChI=1S/C19H19F2N7O2/c1-10-8-27-15(14(7-23-27)28-11(2)12(6-22)3-18(28)29)9-26(10)19(30)24-13-4-16(20)25-17(21)5-13/h4-5,7,10-12H,3,8-9H2,1-2H3,(H,24,25,30)/t10-,11-,12+/m0/s1. The van der Waals surface area contributed by atoms with E-state index in [4.69, 9.17) is 0 Å². The number of hydrogen-bond acceptors (Lipinski definition) is 5. The number of nitrogens with one attached hydrogen (secondary N) is 1. The number of nitriles is 1. The highest BCUT2D eigenvalue weighted by Gasteiger charge is 2.41. The molecule has 0 unspecified atom stereocenters. The van der Waals surface area contributed by atoms with Gasteiger partial charge in [-0.15, -0.1) is 0 Å². The molecule has 1 saturated heterocycles. The maximum Gasteiger partial charge on any atom is 0.322 e. The molecule has 0 bridgehead atoms. The first kappa shape index (κ1) is 19.8. The Labute approximate surface area is 170 Å². The third-order valence-corrected chi connectivity index (χ3v) is 5.57. The Morgan fingerprint density at radius 3 is 2.63 bits per heavy atom. The van der Waals surface area contributed by atoms with Crippen LogP contribution in [0.2, 0.25) is 0 Å². The van der Waals surface area contributed by atoms with Crippen molar-refractivity contribution in [2.75, 3.05) is 10.2 Å². The molecule has 30 heavy (non-hydrogen) atoms. The van der Waals surface area contributed by atoms with Gasteiger partial charge in [0.05, 0.1) is 60.4 Å². The predicted octanol–water partition coefficient (Wildman–Crippen LogP) is 2.26. The largest absolute Gasteiger partial charge is 0.322 e. The minimum absolute atomic E-state index is 0.0447. The Morgan fingerprint density at radius 2 is 2.00 bits per heavy atom. The fourth-order valence-corrected chi connectivity index (χ4v) is 3.96. The smallest absolute Gasteiger partial charge is 0.314 e. The zero-order valence-corrected chi connectivity index (χ0v) is 16.3. The van der Waals surface area contributed by atoms with E-state index in [-0.39, 0.29) is 36.6 Å². The van der Waals surface area contributed by atoms with Crippen molar-refractivity contribution in [3.8, 4) is 6.07 Å². The van der Waals surface area contributed by atoms with Crippen LogP contribution < -0.4 is 10.2 Å². The van der Waals surface area contributed by atoms with Crippen molar-refractivity contribution in [3.05, 3.63) is 35.9 Å². The van der Waals surface area contributed by atoms with Gasteiger partial charge in [-0.1, -0.05) is 0 Å². The Morgan fingerprint density at radius 1 is 1.30 bits per heavy atom. The molecule has 0 radical (unpaired) electrons. The average Bonchev–Trinajstić information content (AvgIpc) is 3.19. The Bertz CT molecular complexity index is 1040. The third-order valence-electron chi connectivity index (χ3n) is 5.57. The van der Waals surface area contributed by atoms with E-state index in [9.17, 15) is 23.6 Å². The van der Waals surface area contributed by atoms with Crippen LogP contribution >= 0.6 is 0 Å².